The molecule has 1 atom stereocenters. The smallest absolute Gasteiger partial charge is 0.326 e. The van der Waals surface area contributed by atoms with Crippen molar-refractivity contribution in [2.45, 2.75) is 18.9 Å². The fourth-order valence-electron chi connectivity index (χ4n) is 1.45. The molecule has 1 aromatic rings. The molecule has 1 aromatic carbocycles. The molecule has 0 aliphatic rings. The van der Waals surface area contributed by atoms with Gasteiger partial charge in [-0.2, -0.15) is 0 Å². The predicted molar refractivity (Wildman–Crippen MR) is 71.4 cm³/mol. The van der Waals surface area contributed by atoms with E-state index in [2.05, 4.69) is 21.2 Å². The first-order valence-electron chi connectivity index (χ1n) is 5.58. The van der Waals surface area contributed by atoms with Crippen LogP contribution in [-0.2, 0) is 9.59 Å². The molecular weight excluding hydrogens is 335 g/mol. The predicted octanol–water partition coefficient (Wildman–Crippen LogP) is 1.04. The van der Waals surface area contributed by atoms with Crippen LogP contribution in [0.1, 0.15) is 23.2 Å². The third-order valence-corrected chi connectivity index (χ3v) is 3.15. The maximum Gasteiger partial charge on any atom is 0.326 e. The molecule has 0 saturated heterocycles. The zero-order valence-electron chi connectivity index (χ0n) is 10.2. The van der Waals surface area contributed by atoms with Crippen LogP contribution in [0.5, 0.6) is 0 Å². The SMILES string of the molecule is NC(=O)CC[C@@H](NC(=O)c1cc(F)ccc1Br)C(=O)O. The molecule has 0 spiro atoms. The molecule has 0 aromatic heterocycles. The first-order chi connectivity index (χ1) is 9.31. The van der Waals surface area contributed by atoms with E-state index in [1.807, 2.05) is 0 Å². The molecule has 0 heterocycles. The number of hydrogen-bond acceptors (Lipinski definition) is 3. The molecule has 0 saturated carbocycles. The Hall–Kier alpha value is -1.96. The lowest BCUT2D eigenvalue weighted by Gasteiger charge is -2.14. The fraction of sp³-hybridized carbons (Fsp3) is 0.250. The lowest BCUT2D eigenvalue weighted by Crippen LogP contribution is -2.41. The Morgan fingerprint density at radius 3 is 2.60 bits per heavy atom. The summed E-state index contributed by atoms with van der Waals surface area (Å²) in [4.78, 5) is 33.5. The summed E-state index contributed by atoms with van der Waals surface area (Å²) in [6.45, 7) is 0. The van der Waals surface area contributed by atoms with Gasteiger partial charge in [0.05, 0.1) is 5.56 Å². The molecule has 8 heteroatoms. The molecule has 0 unspecified atom stereocenters. The summed E-state index contributed by atoms with van der Waals surface area (Å²) in [5.74, 6) is -3.35. The molecule has 0 fully saturated rings. The van der Waals surface area contributed by atoms with Crippen LogP contribution in [0.2, 0.25) is 0 Å². The summed E-state index contributed by atoms with van der Waals surface area (Å²) in [6, 6.07) is 2.20. The van der Waals surface area contributed by atoms with Gasteiger partial charge < -0.3 is 16.2 Å². The van der Waals surface area contributed by atoms with Crippen molar-refractivity contribution in [3.8, 4) is 0 Å². The van der Waals surface area contributed by atoms with Crippen LogP contribution in [0.3, 0.4) is 0 Å². The Labute approximate surface area is 122 Å². The monoisotopic (exact) mass is 346 g/mol. The number of nitrogens with two attached hydrogens (primary N) is 1. The number of primary amides is 1. The van der Waals surface area contributed by atoms with Crippen LogP contribution in [0, 0.1) is 5.82 Å². The molecule has 0 bridgehead atoms. The van der Waals surface area contributed by atoms with Crippen LogP contribution in [0.15, 0.2) is 22.7 Å². The van der Waals surface area contributed by atoms with Gasteiger partial charge in [-0.25, -0.2) is 9.18 Å². The average molecular weight is 347 g/mol. The second kappa shape index (κ2) is 6.99. The number of carboxylic acids is 1. The summed E-state index contributed by atoms with van der Waals surface area (Å²) in [5, 5.41) is 11.2. The molecule has 0 radical (unpaired) electrons. The van der Waals surface area contributed by atoms with Crippen molar-refractivity contribution in [2.75, 3.05) is 0 Å². The van der Waals surface area contributed by atoms with Crippen LogP contribution in [-0.4, -0.2) is 28.9 Å². The molecule has 4 N–H and O–H groups in total. The van der Waals surface area contributed by atoms with Crippen molar-refractivity contribution in [3.63, 3.8) is 0 Å². The van der Waals surface area contributed by atoms with Gasteiger partial charge in [0.2, 0.25) is 5.91 Å². The summed E-state index contributed by atoms with van der Waals surface area (Å²) in [6.07, 6.45) is -0.315. The van der Waals surface area contributed by atoms with E-state index >= 15 is 0 Å². The molecule has 108 valence electrons. The second-order valence-corrected chi connectivity index (χ2v) is 4.85. The number of hydrogen-bond donors (Lipinski definition) is 3. The third-order valence-electron chi connectivity index (χ3n) is 2.46. The van der Waals surface area contributed by atoms with E-state index in [1.54, 1.807) is 0 Å². The van der Waals surface area contributed by atoms with E-state index in [0.29, 0.717) is 4.47 Å². The summed E-state index contributed by atoms with van der Waals surface area (Å²) in [5.41, 5.74) is 4.89. The highest BCUT2D eigenvalue weighted by molar-refractivity contribution is 9.10. The number of amides is 2. The van der Waals surface area contributed by atoms with Gasteiger partial charge in [0.25, 0.3) is 5.91 Å². The van der Waals surface area contributed by atoms with Crippen LogP contribution in [0.25, 0.3) is 0 Å². The standard InChI is InChI=1S/C12H12BrFN2O4/c13-8-2-1-6(14)5-7(8)11(18)16-9(12(19)20)3-4-10(15)17/h1-2,5,9H,3-4H2,(H2,15,17)(H,16,18)(H,19,20)/t9-/m1/s1. The summed E-state index contributed by atoms with van der Waals surface area (Å²) in [7, 11) is 0. The number of carboxylic acid groups (broad SMARTS) is 1. The molecule has 20 heavy (non-hydrogen) atoms. The summed E-state index contributed by atoms with van der Waals surface area (Å²) < 4.78 is 13.4. The third kappa shape index (κ3) is 4.61. The van der Waals surface area contributed by atoms with Gasteiger partial charge in [-0.1, -0.05) is 0 Å². The van der Waals surface area contributed by atoms with Crippen LogP contribution < -0.4 is 11.1 Å². The van der Waals surface area contributed by atoms with E-state index in [1.165, 1.54) is 6.07 Å². The van der Waals surface area contributed by atoms with Crippen molar-refractivity contribution in [1.29, 1.82) is 0 Å². The Bertz CT molecular complexity index is 550. The highest BCUT2D eigenvalue weighted by atomic mass is 79.9. The van der Waals surface area contributed by atoms with Crippen molar-refractivity contribution >= 4 is 33.7 Å². The average Bonchev–Trinajstić information content (AvgIpc) is 2.36. The highest BCUT2D eigenvalue weighted by Crippen LogP contribution is 2.18. The normalized spacial score (nSPS) is 11.7. The quantitative estimate of drug-likeness (QED) is 0.714. The van der Waals surface area contributed by atoms with Gasteiger partial charge in [-0.15, -0.1) is 0 Å². The number of carbonyl (C=O) groups is 3. The molecule has 1 rings (SSSR count). The van der Waals surface area contributed by atoms with E-state index in [9.17, 15) is 18.8 Å². The van der Waals surface area contributed by atoms with Crippen molar-refractivity contribution in [2.24, 2.45) is 5.73 Å². The van der Waals surface area contributed by atoms with Crippen LogP contribution >= 0.6 is 15.9 Å². The Balaban J connectivity index is 2.82. The number of aliphatic carboxylic acids is 1. The first kappa shape index (κ1) is 16.1. The number of halogens is 2. The van der Waals surface area contributed by atoms with Gasteiger partial charge in [0, 0.05) is 10.9 Å². The molecule has 2 amide bonds. The van der Waals surface area contributed by atoms with E-state index in [-0.39, 0.29) is 18.4 Å². The van der Waals surface area contributed by atoms with E-state index < -0.39 is 29.6 Å². The van der Waals surface area contributed by atoms with Gasteiger partial charge in [-0.3, -0.25) is 9.59 Å². The lowest BCUT2D eigenvalue weighted by atomic mass is 10.1. The van der Waals surface area contributed by atoms with Gasteiger partial charge in [0.15, 0.2) is 0 Å². The van der Waals surface area contributed by atoms with E-state index in [0.717, 1.165) is 12.1 Å². The number of carbonyl (C=O) groups excluding carboxylic acids is 2. The minimum atomic E-state index is -1.30. The van der Waals surface area contributed by atoms with Gasteiger partial charge >= 0.3 is 5.97 Å². The Morgan fingerprint density at radius 1 is 1.40 bits per heavy atom. The minimum Gasteiger partial charge on any atom is -0.480 e. The fourth-order valence-corrected chi connectivity index (χ4v) is 1.88. The maximum absolute atomic E-state index is 13.1. The second-order valence-electron chi connectivity index (χ2n) is 3.99. The maximum atomic E-state index is 13.1. The van der Waals surface area contributed by atoms with Gasteiger partial charge in [-0.05, 0) is 40.5 Å². The molecule has 6 nitrogen and oxygen atoms in total. The van der Waals surface area contributed by atoms with Crippen molar-refractivity contribution in [1.82, 2.24) is 5.32 Å². The largest absolute Gasteiger partial charge is 0.480 e. The van der Waals surface area contributed by atoms with E-state index in [4.69, 9.17) is 10.8 Å². The summed E-state index contributed by atoms with van der Waals surface area (Å²) >= 11 is 3.07. The Kier molecular flexibility index (Phi) is 5.63. The Morgan fingerprint density at radius 2 is 2.05 bits per heavy atom. The molecular formula is C12H12BrFN2O4. The topological polar surface area (TPSA) is 109 Å². The zero-order chi connectivity index (χ0) is 15.3. The number of rotatable bonds is 6. The molecule has 0 aliphatic heterocycles. The van der Waals surface area contributed by atoms with Crippen LogP contribution in [0.4, 0.5) is 4.39 Å². The highest BCUT2D eigenvalue weighted by Gasteiger charge is 2.22. The van der Waals surface area contributed by atoms with Crippen molar-refractivity contribution < 1.29 is 23.9 Å². The lowest BCUT2D eigenvalue weighted by molar-refractivity contribution is -0.139. The first-order valence-corrected chi connectivity index (χ1v) is 6.37. The zero-order valence-corrected chi connectivity index (χ0v) is 11.8. The number of nitrogens with one attached hydrogen (secondary N) is 1. The van der Waals surface area contributed by atoms with Crippen molar-refractivity contribution in [3.05, 3.63) is 34.1 Å². The molecule has 0 aliphatic carbocycles. The number of benzene rings is 1. The minimum absolute atomic E-state index is 0.0321. The van der Waals surface area contributed by atoms with Gasteiger partial charge in [0.1, 0.15) is 11.9 Å².